The number of hydrogen-bond donors (Lipinski definition) is 2. The van der Waals surface area contributed by atoms with E-state index in [1.54, 1.807) is 0 Å². The summed E-state index contributed by atoms with van der Waals surface area (Å²) in [6.45, 7) is 5.09. The number of nitrogens with one attached hydrogen (secondary N) is 2. The molecular weight excluding hydrogens is 234 g/mol. The van der Waals surface area contributed by atoms with Crippen molar-refractivity contribution in [2.75, 3.05) is 31.6 Å². The van der Waals surface area contributed by atoms with Crippen LogP contribution in [0.5, 0.6) is 0 Å². The lowest BCUT2D eigenvalue weighted by Crippen LogP contribution is -2.42. The van der Waals surface area contributed by atoms with Crippen molar-refractivity contribution < 1.29 is 9.26 Å². The molecule has 0 saturated carbocycles. The zero-order chi connectivity index (χ0) is 12.4. The minimum atomic E-state index is 0.156. The monoisotopic (exact) mass is 249 g/mol. The van der Waals surface area contributed by atoms with Crippen LogP contribution in [0, 0.1) is 6.92 Å². The molecule has 0 radical (unpaired) electrons. The van der Waals surface area contributed by atoms with Crippen LogP contribution in [0.2, 0.25) is 0 Å². The number of rotatable bonds is 3. The van der Waals surface area contributed by atoms with Gasteiger partial charge < -0.3 is 19.9 Å². The van der Waals surface area contributed by atoms with Crippen LogP contribution in [0.25, 0.3) is 11.1 Å². The predicted octanol–water partition coefficient (Wildman–Crippen LogP) is 0.327. The normalized spacial score (nSPS) is 20.2. The third kappa shape index (κ3) is 2.14. The van der Waals surface area contributed by atoms with E-state index in [1.807, 2.05) is 6.92 Å². The Morgan fingerprint density at radius 3 is 3.28 bits per heavy atom. The molecule has 0 amide bonds. The van der Waals surface area contributed by atoms with Gasteiger partial charge in [0.2, 0.25) is 0 Å². The van der Waals surface area contributed by atoms with E-state index in [1.165, 1.54) is 6.33 Å². The molecule has 18 heavy (non-hydrogen) atoms. The van der Waals surface area contributed by atoms with Gasteiger partial charge in [-0.05, 0) is 6.92 Å². The summed E-state index contributed by atoms with van der Waals surface area (Å²) in [6, 6.07) is 0. The minimum Gasteiger partial charge on any atom is -0.374 e. The van der Waals surface area contributed by atoms with E-state index in [0.717, 1.165) is 36.6 Å². The van der Waals surface area contributed by atoms with Gasteiger partial charge >= 0.3 is 0 Å². The molecular formula is C11H15N5O2. The second-order valence-corrected chi connectivity index (χ2v) is 4.25. The van der Waals surface area contributed by atoms with Crippen LogP contribution in [0.3, 0.4) is 0 Å². The third-order valence-corrected chi connectivity index (χ3v) is 2.94. The Labute approximate surface area is 104 Å². The Balaban J connectivity index is 1.75. The van der Waals surface area contributed by atoms with Crippen molar-refractivity contribution in [2.45, 2.75) is 13.0 Å². The summed E-state index contributed by atoms with van der Waals surface area (Å²) < 4.78 is 10.7. The Morgan fingerprint density at radius 2 is 2.44 bits per heavy atom. The molecule has 2 aromatic heterocycles. The Kier molecular flexibility index (Phi) is 3.07. The molecule has 1 atom stereocenters. The maximum Gasteiger partial charge on any atom is 0.263 e. The van der Waals surface area contributed by atoms with Gasteiger partial charge in [0.15, 0.2) is 0 Å². The minimum absolute atomic E-state index is 0.156. The highest BCUT2D eigenvalue weighted by molar-refractivity contribution is 5.87. The van der Waals surface area contributed by atoms with Crippen molar-refractivity contribution >= 4 is 16.9 Å². The number of hydrogen-bond acceptors (Lipinski definition) is 7. The van der Waals surface area contributed by atoms with E-state index >= 15 is 0 Å². The second-order valence-electron chi connectivity index (χ2n) is 4.25. The van der Waals surface area contributed by atoms with Gasteiger partial charge in [0.25, 0.3) is 5.71 Å². The molecule has 1 aliphatic rings. The van der Waals surface area contributed by atoms with E-state index in [9.17, 15) is 0 Å². The molecule has 2 N–H and O–H groups in total. The second kappa shape index (κ2) is 4.87. The summed E-state index contributed by atoms with van der Waals surface area (Å²) in [6.07, 6.45) is 1.62. The molecule has 1 fully saturated rings. The molecule has 0 aliphatic carbocycles. The van der Waals surface area contributed by atoms with Crippen LogP contribution in [0.1, 0.15) is 5.69 Å². The molecule has 7 heteroatoms. The number of nitrogens with zero attached hydrogens (tertiary/aromatic N) is 3. The molecule has 1 aliphatic heterocycles. The van der Waals surface area contributed by atoms with Crippen LogP contribution in [0.15, 0.2) is 10.9 Å². The largest absolute Gasteiger partial charge is 0.374 e. The van der Waals surface area contributed by atoms with Gasteiger partial charge in [-0.25, -0.2) is 4.98 Å². The van der Waals surface area contributed by atoms with Gasteiger partial charge in [-0.2, -0.15) is 4.98 Å². The summed E-state index contributed by atoms with van der Waals surface area (Å²) in [7, 11) is 0. The first kappa shape index (κ1) is 11.4. The van der Waals surface area contributed by atoms with Crippen molar-refractivity contribution in [1.29, 1.82) is 0 Å². The highest BCUT2D eigenvalue weighted by atomic mass is 16.5. The fourth-order valence-electron chi connectivity index (χ4n) is 2.02. The number of aromatic nitrogens is 3. The lowest BCUT2D eigenvalue weighted by Gasteiger charge is -2.23. The Morgan fingerprint density at radius 1 is 1.50 bits per heavy atom. The van der Waals surface area contributed by atoms with Crippen molar-refractivity contribution in [3.05, 3.63) is 12.0 Å². The number of fused-ring (bicyclic) bond motifs is 1. The number of aryl methyl sites for hydroxylation is 1. The van der Waals surface area contributed by atoms with E-state index in [-0.39, 0.29) is 6.10 Å². The zero-order valence-corrected chi connectivity index (χ0v) is 10.1. The van der Waals surface area contributed by atoms with Crippen molar-refractivity contribution in [3.63, 3.8) is 0 Å². The highest BCUT2D eigenvalue weighted by Gasteiger charge is 2.16. The lowest BCUT2D eigenvalue weighted by atomic mass is 10.2. The molecule has 0 spiro atoms. The summed E-state index contributed by atoms with van der Waals surface area (Å²) in [5.41, 5.74) is 1.29. The van der Waals surface area contributed by atoms with Crippen molar-refractivity contribution in [2.24, 2.45) is 0 Å². The smallest absolute Gasteiger partial charge is 0.263 e. The van der Waals surface area contributed by atoms with E-state index < -0.39 is 0 Å². The van der Waals surface area contributed by atoms with Gasteiger partial charge in [-0.1, -0.05) is 5.16 Å². The quantitative estimate of drug-likeness (QED) is 0.810. The molecule has 3 rings (SSSR count). The molecule has 1 unspecified atom stereocenters. The fourth-order valence-corrected chi connectivity index (χ4v) is 2.02. The van der Waals surface area contributed by atoms with Crippen LogP contribution in [0.4, 0.5) is 5.82 Å². The number of morpholine rings is 1. The molecule has 0 bridgehead atoms. The van der Waals surface area contributed by atoms with Gasteiger partial charge in [0.05, 0.1) is 18.4 Å². The maximum absolute atomic E-state index is 5.62. The van der Waals surface area contributed by atoms with Gasteiger partial charge in [0.1, 0.15) is 17.5 Å². The Hall–Kier alpha value is -1.73. The van der Waals surface area contributed by atoms with E-state index in [4.69, 9.17) is 9.26 Å². The van der Waals surface area contributed by atoms with Gasteiger partial charge in [0, 0.05) is 19.6 Å². The molecule has 1 saturated heterocycles. The fraction of sp³-hybridized carbons (Fsp3) is 0.545. The van der Waals surface area contributed by atoms with Crippen molar-refractivity contribution in [1.82, 2.24) is 20.4 Å². The third-order valence-electron chi connectivity index (χ3n) is 2.94. The predicted molar refractivity (Wildman–Crippen MR) is 65.4 cm³/mol. The summed E-state index contributed by atoms with van der Waals surface area (Å²) >= 11 is 0. The van der Waals surface area contributed by atoms with Crippen LogP contribution in [-0.2, 0) is 4.74 Å². The molecule has 3 heterocycles. The lowest BCUT2D eigenvalue weighted by molar-refractivity contribution is 0.0372. The van der Waals surface area contributed by atoms with Crippen molar-refractivity contribution in [3.8, 4) is 0 Å². The van der Waals surface area contributed by atoms with Gasteiger partial charge in [-0.15, -0.1) is 0 Å². The number of anilines is 1. The highest BCUT2D eigenvalue weighted by Crippen LogP contribution is 2.22. The first-order chi connectivity index (χ1) is 8.84. The summed E-state index contributed by atoms with van der Waals surface area (Å²) in [5.74, 6) is 0.743. The standard InChI is InChI=1S/C11H15N5O2/c1-7-9-10(14-6-15-11(9)18-16-7)13-5-8-4-12-2-3-17-8/h6,8,12H,2-5H2,1H3,(H,13,14,15). The topological polar surface area (TPSA) is 85.1 Å². The van der Waals surface area contributed by atoms with Crippen LogP contribution in [-0.4, -0.2) is 47.5 Å². The van der Waals surface area contributed by atoms with Crippen LogP contribution >= 0.6 is 0 Å². The summed E-state index contributed by atoms with van der Waals surface area (Å²) in [4.78, 5) is 8.26. The first-order valence-electron chi connectivity index (χ1n) is 5.98. The molecule has 0 aromatic carbocycles. The maximum atomic E-state index is 5.62. The van der Waals surface area contributed by atoms with Crippen LogP contribution < -0.4 is 10.6 Å². The zero-order valence-electron chi connectivity index (χ0n) is 10.1. The number of ether oxygens (including phenoxy) is 1. The Bertz CT molecular complexity index is 535. The van der Waals surface area contributed by atoms with E-state index in [0.29, 0.717) is 12.3 Å². The molecule has 2 aromatic rings. The first-order valence-corrected chi connectivity index (χ1v) is 5.98. The molecule has 96 valence electrons. The SMILES string of the molecule is Cc1noc2ncnc(NCC3CNCCO3)c12. The summed E-state index contributed by atoms with van der Waals surface area (Å²) in [5, 5.41) is 11.3. The van der Waals surface area contributed by atoms with E-state index in [2.05, 4.69) is 25.8 Å². The molecule has 7 nitrogen and oxygen atoms in total. The average molecular weight is 249 g/mol. The van der Waals surface area contributed by atoms with Gasteiger partial charge in [-0.3, -0.25) is 0 Å². The average Bonchev–Trinajstić information content (AvgIpc) is 2.80.